The highest BCUT2D eigenvalue weighted by molar-refractivity contribution is 7.97. The minimum atomic E-state index is -4.32. The number of rotatable bonds is 5. The van der Waals surface area contributed by atoms with Gasteiger partial charge < -0.3 is 5.32 Å². The van der Waals surface area contributed by atoms with E-state index in [-0.39, 0.29) is 17.8 Å². The Hall–Kier alpha value is -3.42. The third kappa shape index (κ3) is 3.81. The summed E-state index contributed by atoms with van der Waals surface area (Å²) in [5.41, 5.74) is 1.42. The molecule has 0 aromatic heterocycles. The molecule has 1 N–H and O–H groups in total. The van der Waals surface area contributed by atoms with Crippen molar-refractivity contribution >= 4 is 44.5 Å². The molecule has 0 saturated heterocycles. The van der Waals surface area contributed by atoms with Gasteiger partial charge in [0.05, 0.1) is 17.9 Å². The third-order valence-electron chi connectivity index (χ3n) is 4.96. The first kappa shape index (κ1) is 21.8. The number of nitrogens with one attached hydrogen (secondary N) is 1. The second-order valence-electron chi connectivity index (χ2n) is 6.99. The van der Waals surface area contributed by atoms with Gasteiger partial charge in [-0.25, -0.2) is 12.8 Å². The lowest BCUT2D eigenvalue weighted by Gasteiger charge is -2.33. The van der Waals surface area contributed by atoms with Crippen LogP contribution in [0.4, 0.5) is 15.8 Å². The largest absolute Gasteiger partial charge is 0.319 e. The van der Waals surface area contributed by atoms with Crippen molar-refractivity contribution in [3.05, 3.63) is 112 Å². The van der Waals surface area contributed by atoms with Crippen LogP contribution in [0, 0.1) is 5.82 Å². The van der Waals surface area contributed by atoms with E-state index in [9.17, 15) is 17.6 Å². The summed E-state index contributed by atoms with van der Waals surface area (Å²) in [6.07, 6.45) is 1.43. The molecule has 32 heavy (non-hydrogen) atoms. The van der Waals surface area contributed by atoms with Crippen LogP contribution in [-0.2, 0) is 14.8 Å². The number of anilines is 2. The summed E-state index contributed by atoms with van der Waals surface area (Å²) < 4.78 is 42.7. The molecule has 162 valence electrons. The molecule has 3 aromatic rings. The molecule has 0 radical (unpaired) electrons. The van der Waals surface area contributed by atoms with Crippen molar-refractivity contribution in [2.24, 2.45) is 0 Å². The maximum absolute atomic E-state index is 14.2. The predicted octanol–water partition coefficient (Wildman–Crippen LogP) is 5.21. The highest BCUT2D eigenvalue weighted by atomic mass is 35.5. The minimum Gasteiger partial charge on any atom is -0.319 e. The fraction of sp³-hybridized carbons (Fsp3) is 0.0417. The number of hydrogen-bond acceptors (Lipinski definition) is 3. The monoisotopic (exact) mass is 468 g/mol. The molecule has 0 spiro atoms. The molecule has 0 atom stereocenters. The lowest BCUT2D eigenvalue weighted by atomic mass is 9.95. The van der Waals surface area contributed by atoms with Gasteiger partial charge in [0.15, 0.2) is 4.91 Å². The number of benzene rings is 3. The summed E-state index contributed by atoms with van der Waals surface area (Å²) in [5.74, 6) is -1.63. The zero-order valence-electron chi connectivity index (χ0n) is 16.8. The Kier molecular flexibility index (Phi) is 5.86. The lowest BCUT2D eigenvalue weighted by Crippen LogP contribution is -2.40. The van der Waals surface area contributed by atoms with Crippen LogP contribution in [-0.4, -0.2) is 20.9 Å². The van der Waals surface area contributed by atoms with Crippen molar-refractivity contribution in [1.29, 1.82) is 0 Å². The summed E-state index contributed by atoms with van der Waals surface area (Å²) in [4.78, 5) is 12.9. The van der Waals surface area contributed by atoms with Crippen molar-refractivity contribution in [3.8, 4) is 0 Å². The van der Waals surface area contributed by atoms with Gasteiger partial charge in [-0.3, -0.25) is 9.10 Å². The molecule has 4 rings (SSSR count). The number of amides is 1. The first-order valence-electron chi connectivity index (χ1n) is 9.63. The number of hydrogen-bond donors (Lipinski definition) is 1. The molecule has 3 aromatic carbocycles. The van der Waals surface area contributed by atoms with Crippen LogP contribution in [0.25, 0.3) is 5.57 Å². The number of fused-ring (bicyclic) bond motifs is 1. The summed E-state index contributed by atoms with van der Waals surface area (Å²) in [6, 6.07) is 19.0. The Morgan fingerprint density at radius 1 is 1.06 bits per heavy atom. The summed E-state index contributed by atoms with van der Waals surface area (Å²) in [5, 5.41) is 2.79. The standard InChI is InChI=1S/C24H18ClFN2O3S/c1-2-14-28-21-13-12-17(25)15-18(21)22(16-8-4-3-5-9-16)23(32(28,30)31)24(29)27-20-11-7-6-10-19(20)26/h2-13,15H,1,14H2,(H,27,29). The van der Waals surface area contributed by atoms with Crippen LogP contribution >= 0.6 is 11.6 Å². The maximum Gasteiger partial charge on any atom is 0.270 e. The van der Waals surface area contributed by atoms with E-state index in [1.165, 1.54) is 24.3 Å². The van der Waals surface area contributed by atoms with Gasteiger partial charge in [0, 0.05) is 16.2 Å². The molecule has 0 bridgehead atoms. The number of nitrogens with zero attached hydrogens (tertiary/aromatic N) is 1. The topological polar surface area (TPSA) is 66.5 Å². The van der Waals surface area contributed by atoms with E-state index >= 15 is 0 Å². The van der Waals surface area contributed by atoms with Crippen LogP contribution in [0.15, 0.2) is 90.4 Å². The minimum absolute atomic E-state index is 0.0600. The van der Waals surface area contributed by atoms with E-state index in [0.29, 0.717) is 21.8 Å². The van der Waals surface area contributed by atoms with E-state index < -0.39 is 26.7 Å². The number of halogens is 2. The molecule has 0 fully saturated rings. The predicted molar refractivity (Wildman–Crippen MR) is 125 cm³/mol. The van der Waals surface area contributed by atoms with Crippen LogP contribution in [0.5, 0.6) is 0 Å². The summed E-state index contributed by atoms with van der Waals surface area (Å²) >= 11 is 6.24. The highest BCUT2D eigenvalue weighted by Crippen LogP contribution is 2.44. The zero-order valence-corrected chi connectivity index (χ0v) is 18.3. The molecule has 1 aliphatic heterocycles. The molecule has 0 unspecified atom stereocenters. The zero-order chi connectivity index (χ0) is 22.9. The van der Waals surface area contributed by atoms with Gasteiger partial charge >= 0.3 is 0 Å². The SMILES string of the molecule is C=CCN1c2ccc(Cl)cc2C(c2ccccc2)=C(C(=O)Nc2ccccc2F)S1(=O)=O. The number of carbonyl (C=O) groups is 1. The third-order valence-corrected chi connectivity index (χ3v) is 7.02. The van der Waals surface area contributed by atoms with Crippen molar-refractivity contribution in [3.63, 3.8) is 0 Å². The van der Waals surface area contributed by atoms with E-state index in [2.05, 4.69) is 11.9 Å². The van der Waals surface area contributed by atoms with E-state index in [4.69, 9.17) is 11.6 Å². The molecule has 1 aliphatic rings. The Morgan fingerprint density at radius 3 is 2.44 bits per heavy atom. The number of sulfonamides is 1. The number of para-hydroxylation sites is 1. The van der Waals surface area contributed by atoms with Gasteiger partial charge in [0.1, 0.15) is 5.82 Å². The van der Waals surface area contributed by atoms with Gasteiger partial charge in [-0.2, -0.15) is 0 Å². The Morgan fingerprint density at radius 2 is 1.75 bits per heavy atom. The molecule has 5 nitrogen and oxygen atoms in total. The molecular weight excluding hydrogens is 451 g/mol. The Labute approximate surface area is 190 Å². The van der Waals surface area contributed by atoms with Crippen LogP contribution in [0.2, 0.25) is 5.02 Å². The normalized spacial score (nSPS) is 14.6. The van der Waals surface area contributed by atoms with Crippen molar-refractivity contribution in [2.45, 2.75) is 0 Å². The number of carbonyl (C=O) groups excluding carboxylic acids is 1. The average molecular weight is 469 g/mol. The van der Waals surface area contributed by atoms with Gasteiger partial charge in [-0.05, 0) is 35.9 Å². The molecule has 1 amide bonds. The van der Waals surface area contributed by atoms with Gasteiger partial charge in [-0.1, -0.05) is 60.1 Å². The van der Waals surface area contributed by atoms with Gasteiger partial charge in [0.2, 0.25) is 0 Å². The van der Waals surface area contributed by atoms with E-state index in [1.54, 1.807) is 54.6 Å². The molecule has 8 heteroatoms. The lowest BCUT2D eigenvalue weighted by molar-refractivity contribution is -0.112. The summed E-state index contributed by atoms with van der Waals surface area (Å²) in [6.45, 7) is 3.58. The second-order valence-corrected chi connectivity index (χ2v) is 9.23. The van der Waals surface area contributed by atoms with Crippen LogP contribution in [0.1, 0.15) is 11.1 Å². The molecule has 0 saturated carbocycles. The molecular formula is C24H18ClFN2O3S. The smallest absolute Gasteiger partial charge is 0.270 e. The maximum atomic E-state index is 14.2. The first-order valence-corrected chi connectivity index (χ1v) is 11.5. The van der Waals surface area contributed by atoms with Gasteiger partial charge in [-0.15, -0.1) is 6.58 Å². The fourth-order valence-electron chi connectivity index (χ4n) is 3.59. The van der Waals surface area contributed by atoms with E-state index in [1.807, 2.05) is 0 Å². The quantitative estimate of drug-likeness (QED) is 0.522. The Bertz CT molecular complexity index is 1350. The van der Waals surface area contributed by atoms with Gasteiger partial charge in [0.25, 0.3) is 15.9 Å². The molecule has 1 heterocycles. The fourth-order valence-corrected chi connectivity index (χ4v) is 5.48. The Balaban J connectivity index is 2.03. The summed E-state index contributed by atoms with van der Waals surface area (Å²) in [7, 11) is -4.32. The average Bonchev–Trinajstić information content (AvgIpc) is 2.77. The van der Waals surface area contributed by atoms with E-state index in [0.717, 1.165) is 4.31 Å². The van der Waals surface area contributed by atoms with Crippen LogP contribution in [0.3, 0.4) is 0 Å². The second kappa shape index (κ2) is 8.61. The van der Waals surface area contributed by atoms with Crippen molar-refractivity contribution < 1.29 is 17.6 Å². The van der Waals surface area contributed by atoms with Crippen LogP contribution < -0.4 is 9.62 Å². The molecule has 0 aliphatic carbocycles. The first-order chi connectivity index (χ1) is 15.3. The van der Waals surface area contributed by atoms with Crippen molar-refractivity contribution in [1.82, 2.24) is 0 Å². The highest BCUT2D eigenvalue weighted by Gasteiger charge is 2.41. The van der Waals surface area contributed by atoms with Crippen molar-refractivity contribution in [2.75, 3.05) is 16.2 Å².